The van der Waals surface area contributed by atoms with Crippen molar-refractivity contribution in [1.82, 2.24) is 4.98 Å². The van der Waals surface area contributed by atoms with Gasteiger partial charge in [-0.2, -0.15) is 0 Å². The van der Waals surface area contributed by atoms with Crippen LogP contribution in [0.4, 0.5) is 10.8 Å². The Labute approximate surface area is 160 Å². The number of amides is 1. The van der Waals surface area contributed by atoms with Crippen LogP contribution in [-0.2, 0) is 17.6 Å². The molecule has 1 aromatic carbocycles. The van der Waals surface area contributed by atoms with E-state index in [9.17, 15) is 14.9 Å². The van der Waals surface area contributed by atoms with Gasteiger partial charge in [0.15, 0.2) is 5.13 Å². The van der Waals surface area contributed by atoms with E-state index in [1.807, 2.05) is 32.0 Å². The zero-order chi connectivity index (χ0) is 19.4. The highest BCUT2D eigenvalue weighted by atomic mass is 32.1. The summed E-state index contributed by atoms with van der Waals surface area (Å²) in [4.78, 5) is 28.0. The van der Waals surface area contributed by atoms with Gasteiger partial charge in [-0.05, 0) is 31.5 Å². The highest BCUT2D eigenvalue weighted by molar-refractivity contribution is 7.15. The Bertz CT molecular complexity index is 977. The maximum atomic E-state index is 12.1. The molecule has 2 aromatic heterocycles. The first-order chi connectivity index (χ1) is 12.9. The third-order valence-electron chi connectivity index (χ3n) is 4.02. The lowest BCUT2D eigenvalue weighted by molar-refractivity contribution is -0.384. The number of furan rings is 1. The minimum absolute atomic E-state index is 0.0661. The van der Waals surface area contributed by atoms with E-state index in [1.165, 1.54) is 17.4 Å². The van der Waals surface area contributed by atoms with Crippen molar-refractivity contribution in [2.45, 2.75) is 33.1 Å². The smallest absolute Gasteiger partial charge is 0.269 e. The first kappa shape index (κ1) is 18.8. The quantitative estimate of drug-likeness (QED) is 0.479. The molecule has 0 saturated heterocycles. The molecule has 0 fully saturated rings. The van der Waals surface area contributed by atoms with Gasteiger partial charge in [-0.1, -0.05) is 12.1 Å². The van der Waals surface area contributed by atoms with Gasteiger partial charge in [-0.3, -0.25) is 14.9 Å². The first-order valence-corrected chi connectivity index (χ1v) is 9.27. The molecule has 1 N–H and O–H groups in total. The fraction of sp³-hybridized carbons (Fsp3) is 0.263. The molecular formula is C19H19N3O4S. The van der Waals surface area contributed by atoms with Crippen molar-refractivity contribution in [2.24, 2.45) is 0 Å². The Morgan fingerprint density at radius 3 is 2.81 bits per heavy atom. The SMILES string of the molecule is Cc1ccc(CCC(=O)Nc2nc(C)c(Cc3cccc([N+](=O)[O-])c3)s2)o1. The molecule has 7 nitrogen and oxygen atoms in total. The van der Waals surface area contributed by atoms with Crippen LogP contribution in [0.1, 0.15) is 34.1 Å². The number of anilines is 1. The van der Waals surface area contributed by atoms with E-state index in [2.05, 4.69) is 10.3 Å². The number of benzene rings is 1. The van der Waals surface area contributed by atoms with Crippen LogP contribution in [-0.4, -0.2) is 15.8 Å². The highest BCUT2D eigenvalue weighted by Crippen LogP contribution is 2.26. The van der Waals surface area contributed by atoms with Gasteiger partial charge >= 0.3 is 0 Å². The van der Waals surface area contributed by atoms with Gasteiger partial charge in [-0.25, -0.2) is 4.98 Å². The van der Waals surface area contributed by atoms with Gasteiger partial charge in [-0.15, -0.1) is 11.3 Å². The average molecular weight is 385 g/mol. The molecule has 0 bridgehead atoms. The van der Waals surface area contributed by atoms with Crippen LogP contribution in [0.2, 0.25) is 0 Å². The van der Waals surface area contributed by atoms with Gasteiger partial charge in [0.05, 0.1) is 10.6 Å². The molecule has 0 saturated carbocycles. The summed E-state index contributed by atoms with van der Waals surface area (Å²) < 4.78 is 5.46. The number of non-ortho nitro benzene ring substituents is 1. The van der Waals surface area contributed by atoms with Crippen molar-refractivity contribution in [2.75, 3.05) is 5.32 Å². The number of carbonyl (C=O) groups is 1. The van der Waals surface area contributed by atoms with Gasteiger partial charge in [0, 0.05) is 36.3 Å². The highest BCUT2D eigenvalue weighted by Gasteiger charge is 2.13. The average Bonchev–Trinajstić information content (AvgIpc) is 3.19. The second kappa shape index (κ2) is 8.13. The van der Waals surface area contributed by atoms with Crippen molar-refractivity contribution in [3.63, 3.8) is 0 Å². The van der Waals surface area contributed by atoms with Gasteiger partial charge in [0.2, 0.25) is 5.91 Å². The summed E-state index contributed by atoms with van der Waals surface area (Å²) in [5.74, 6) is 1.48. The third-order valence-corrected chi connectivity index (χ3v) is 5.09. The monoisotopic (exact) mass is 385 g/mol. The summed E-state index contributed by atoms with van der Waals surface area (Å²) in [5, 5.41) is 14.3. The molecule has 3 aromatic rings. The number of aryl methyl sites for hydroxylation is 3. The standard InChI is InChI=1S/C19H19N3O4S/c1-12-6-7-16(26-12)8-9-18(23)21-19-20-13(2)17(27-19)11-14-4-3-5-15(10-14)22(24)25/h3-7,10H,8-9,11H2,1-2H3,(H,20,21,23). The summed E-state index contributed by atoms with van der Waals surface area (Å²) in [5.41, 5.74) is 1.71. The number of nitrogens with one attached hydrogen (secondary N) is 1. The van der Waals surface area contributed by atoms with Gasteiger partial charge in [0.25, 0.3) is 5.69 Å². The Kier molecular flexibility index (Phi) is 5.66. The molecule has 0 aliphatic heterocycles. The second-order valence-electron chi connectivity index (χ2n) is 6.19. The summed E-state index contributed by atoms with van der Waals surface area (Å²) in [6, 6.07) is 10.3. The topological polar surface area (TPSA) is 98.3 Å². The summed E-state index contributed by atoms with van der Waals surface area (Å²) in [6.07, 6.45) is 1.38. The molecule has 1 amide bonds. The van der Waals surface area contributed by atoms with Crippen molar-refractivity contribution in [3.8, 4) is 0 Å². The van der Waals surface area contributed by atoms with E-state index < -0.39 is 4.92 Å². The molecule has 140 valence electrons. The van der Waals surface area contributed by atoms with Crippen LogP contribution in [0.3, 0.4) is 0 Å². The van der Waals surface area contributed by atoms with Crippen molar-refractivity contribution in [3.05, 3.63) is 74.2 Å². The van der Waals surface area contributed by atoms with E-state index in [4.69, 9.17) is 4.42 Å². The van der Waals surface area contributed by atoms with Crippen LogP contribution in [0, 0.1) is 24.0 Å². The van der Waals surface area contributed by atoms with E-state index in [-0.39, 0.29) is 11.6 Å². The lowest BCUT2D eigenvalue weighted by atomic mass is 10.1. The van der Waals surface area contributed by atoms with Crippen LogP contribution in [0.5, 0.6) is 0 Å². The number of thiazole rings is 1. The molecule has 0 aliphatic rings. The number of rotatable bonds is 7. The molecule has 2 heterocycles. The number of carbonyl (C=O) groups excluding carboxylic acids is 1. The molecule has 0 spiro atoms. The Morgan fingerprint density at radius 2 is 2.11 bits per heavy atom. The Hall–Kier alpha value is -3.00. The predicted molar refractivity (Wildman–Crippen MR) is 103 cm³/mol. The molecule has 8 heteroatoms. The Balaban J connectivity index is 1.61. The molecular weight excluding hydrogens is 366 g/mol. The zero-order valence-electron chi connectivity index (χ0n) is 15.0. The van der Waals surface area contributed by atoms with E-state index in [0.29, 0.717) is 24.4 Å². The lowest BCUT2D eigenvalue weighted by Gasteiger charge is -2.00. The van der Waals surface area contributed by atoms with E-state index >= 15 is 0 Å². The molecule has 0 radical (unpaired) electrons. The third kappa shape index (κ3) is 5.01. The summed E-state index contributed by atoms with van der Waals surface area (Å²) >= 11 is 1.39. The van der Waals surface area contributed by atoms with Crippen molar-refractivity contribution in [1.29, 1.82) is 0 Å². The fourth-order valence-electron chi connectivity index (χ4n) is 2.65. The molecule has 0 atom stereocenters. The molecule has 27 heavy (non-hydrogen) atoms. The normalized spacial score (nSPS) is 10.7. The van der Waals surface area contributed by atoms with Gasteiger partial charge < -0.3 is 9.73 Å². The summed E-state index contributed by atoms with van der Waals surface area (Å²) in [6.45, 7) is 3.73. The fourth-order valence-corrected chi connectivity index (χ4v) is 3.66. The van der Waals surface area contributed by atoms with E-state index in [1.54, 1.807) is 12.1 Å². The van der Waals surface area contributed by atoms with E-state index in [0.717, 1.165) is 27.7 Å². The maximum absolute atomic E-state index is 12.1. The van der Waals surface area contributed by atoms with Crippen LogP contribution < -0.4 is 5.32 Å². The summed E-state index contributed by atoms with van der Waals surface area (Å²) in [7, 11) is 0. The van der Waals surface area contributed by atoms with Crippen molar-refractivity contribution >= 4 is 28.1 Å². The number of hydrogen-bond acceptors (Lipinski definition) is 6. The number of aromatic nitrogens is 1. The van der Waals surface area contributed by atoms with Crippen LogP contribution in [0.15, 0.2) is 40.8 Å². The Morgan fingerprint density at radius 1 is 1.30 bits per heavy atom. The first-order valence-electron chi connectivity index (χ1n) is 8.45. The largest absolute Gasteiger partial charge is 0.466 e. The number of nitro benzene ring substituents is 1. The van der Waals surface area contributed by atoms with Crippen LogP contribution >= 0.6 is 11.3 Å². The molecule has 0 unspecified atom stereocenters. The minimum atomic E-state index is -0.408. The minimum Gasteiger partial charge on any atom is -0.466 e. The molecule has 3 rings (SSSR count). The zero-order valence-corrected chi connectivity index (χ0v) is 15.8. The van der Waals surface area contributed by atoms with Crippen LogP contribution in [0.25, 0.3) is 0 Å². The van der Waals surface area contributed by atoms with Crippen molar-refractivity contribution < 1.29 is 14.1 Å². The number of nitro groups is 1. The lowest BCUT2D eigenvalue weighted by Crippen LogP contribution is -2.11. The second-order valence-corrected chi connectivity index (χ2v) is 7.28. The predicted octanol–water partition coefficient (Wildman–Crippen LogP) is 4.42. The van der Waals surface area contributed by atoms with Gasteiger partial charge in [0.1, 0.15) is 11.5 Å². The number of nitrogens with zero attached hydrogens (tertiary/aromatic N) is 2. The number of hydrogen-bond donors (Lipinski definition) is 1. The maximum Gasteiger partial charge on any atom is 0.269 e. The molecule has 0 aliphatic carbocycles.